The summed E-state index contributed by atoms with van der Waals surface area (Å²) in [7, 11) is 1.44. The van der Waals surface area contributed by atoms with Gasteiger partial charge in [-0.15, -0.1) is 0 Å². The summed E-state index contributed by atoms with van der Waals surface area (Å²) in [5.74, 6) is 0.0182. The minimum atomic E-state index is -0.140. The van der Waals surface area contributed by atoms with Gasteiger partial charge in [-0.3, -0.25) is 14.5 Å². The van der Waals surface area contributed by atoms with Crippen molar-refractivity contribution >= 4 is 11.9 Å². The molecule has 0 N–H and O–H groups in total. The van der Waals surface area contributed by atoms with Gasteiger partial charge in [0.1, 0.15) is 0 Å². The number of nitrogens with zero attached hydrogens (tertiary/aromatic N) is 2. The summed E-state index contributed by atoms with van der Waals surface area (Å²) in [5, 5.41) is 0. The molecule has 2 aliphatic heterocycles. The number of methoxy groups -OCH3 is 1. The number of hydrogen-bond donors (Lipinski definition) is 0. The number of amides is 1. The molecule has 0 aromatic carbocycles. The highest BCUT2D eigenvalue weighted by atomic mass is 16.5. The molecule has 1 unspecified atom stereocenters. The third kappa shape index (κ3) is 4.99. The van der Waals surface area contributed by atoms with Crippen molar-refractivity contribution in [3.8, 4) is 0 Å². The van der Waals surface area contributed by atoms with Crippen LogP contribution in [0.1, 0.15) is 44.9 Å². The van der Waals surface area contributed by atoms with Gasteiger partial charge in [-0.25, -0.2) is 0 Å². The van der Waals surface area contributed by atoms with Crippen molar-refractivity contribution in [1.82, 2.24) is 9.80 Å². The highest BCUT2D eigenvalue weighted by Gasteiger charge is 2.28. The van der Waals surface area contributed by atoms with E-state index in [1.54, 1.807) is 0 Å². The third-order valence-electron chi connectivity index (χ3n) is 4.61. The lowest BCUT2D eigenvalue weighted by atomic mass is 9.98. The first-order valence-corrected chi connectivity index (χ1v) is 8.28. The van der Waals surface area contributed by atoms with E-state index in [-0.39, 0.29) is 17.8 Å². The van der Waals surface area contributed by atoms with Gasteiger partial charge in [0.15, 0.2) is 0 Å². The molecule has 1 atom stereocenters. The van der Waals surface area contributed by atoms with Gasteiger partial charge in [-0.05, 0) is 32.2 Å². The smallest absolute Gasteiger partial charge is 0.309 e. The van der Waals surface area contributed by atoms with E-state index in [0.717, 1.165) is 45.3 Å². The molecule has 2 aliphatic rings. The Labute approximate surface area is 127 Å². The SMILES string of the molecule is COC(=O)C1CCCN(CC(=O)N2CCCCCCC2)C1. The maximum absolute atomic E-state index is 12.4. The molecule has 0 aromatic heterocycles. The van der Waals surface area contributed by atoms with Crippen LogP contribution in [0.3, 0.4) is 0 Å². The fraction of sp³-hybridized carbons (Fsp3) is 0.875. The van der Waals surface area contributed by atoms with Gasteiger partial charge in [-0.1, -0.05) is 19.3 Å². The molecular weight excluding hydrogens is 268 g/mol. The van der Waals surface area contributed by atoms with Gasteiger partial charge < -0.3 is 9.64 Å². The Morgan fingerprint density at radius 1 is 1.00 bits per heavy atom. The molecule has 0 radical (unpaired) electrons. The maximum Gasteiger partial charge on any atom is 0.309 e. The van der Waals surface area contributed by atoms with Crippen LogP contribution in [0.15, 0.2) is 0 Å². The lowest BCUT2D eigenvalue weighted by molar-refractivity contribution is -0.148. The number of carbonyl (C=O) groups excluding carboxylic acids is 2. The van der Waals surface area contributed by atoms with Gasteiger partial charge in [-0.2, -0.15) is 0 Å². The Hall–Kier alpha value is -1.10. The first-order chi connectivity index (χ1) is 10.2. The minimum Gasteiger partial charge on any atom is -0.469 e. The fourth-order valence-corrected chi connectivity index (χ4v) is 3.35. The molecule has 2 saturated heterocycles. The van der Waals surface area contributed by atoms with Gasteiger partial charge in [0.25, 0.3) is 0 Å². The molecule has 0 spiro atoms. The molecule has 21 heavy (non-hydrogen) atoms. The molecule has 5 heteroatoms. The summed E-state index contributed by atoms with van der Waals surface area (Å²) in [5.41, 5.74) is 0. The summed E-state index contributed by atoms with van der Waals surface area (Å²) in [6.07, 6.45) is 7.85. The number of piperidine rings is 1. The zero-order valence-electron chi connectivity index (χ0n) is 13.2. The van der Waals surface area contributed by atoms with Gasteiger partial charge in [0.05, 0.1) is 19.6 Å². The molecule has 120 valence electrons. The number of likely N-dealkylation sites (tertiary alicyclic amines) is 2. The van der Waals surface area contributed by atoms with Crippen LogP contribution in [0.2, 0.25) is 0 Å². The topological polar surface area (TPSA) is 49.9 Å². The van der Waals surface area contributed by atoms with Crippen LogP contribution >= 0.6 is 0 Å². The van der Waals surface area contributed by atoms with E-state index in [0.29, 0.717) is 13.1 Å². The molecule has 2 heterocycles. The predicted octanol–water partition coefficient (Wildman–Crippen LogP) is 1.66. The molecule has 2 rings (SSSR count). The number of ether oxygens (including phenoxy) is 1. The standard InChI is InChI=1S/C16H28N2O3/c1-21-16(20)14-8-7-9-17(12-14)13-15(19)18-10-5-3-2-4-6-11-18/h14H,2-13H2,1H3. The second-order valence-electron chi connectivity index (χ2n) is 6.25. The molecule has 2 fully saturated rings. The van der Waals surface area contributed by atoms with E-state index in [1.165, 1.54) is 26.4 Å². The monoisotopic (exact) mass is 296 g/mol. The third-order valence-corrected chi connectivity index (χ3v) is 4.61. The summed E-state index contributed by atoms with van der Waals surface area (Å²) in [6, 6.07) is 0. The Kier molecular flexibility index (Phi) is 6.49. The first kappa shape index (κ1) is 16.3. The van der Waals surface area contributed by atoms with Crippen LogP contribution in [0.25, 0.3) is 0 Å². The van der Waals surface area contributed by atoms with Crippen molar-refractivity contribution < 1.29 is 14.3 Å². The molecule has 0 aromatic rings. The van der Waals surface area contributed by atoms with Gasteiger partial charge in [0, 0.05) is 19.6 Å². The molecule has 1 amide bonds. The Bertz CT molecular complexity index is 351. The van der Waals surface area contributed by atoms with Crippen LogP contribution in [0.4, 0.5) is 0 Å². The van der Waals surface area contributed by atoms with E-state index in [9.17, 15) is 9.59 Å². The van der Waals surface area contributed by atoms with E-state index >= 15 is 0 Å². The predicted molar refractivity (Wildman–Crippen MR) is 80.8 cm³/mol. The Morgan fingerprint density at radius 3 is 2.33 bits per heavy atom. The average Bonchev–Trinajstić information content (AvgIpc) is 2.46. The van der Waals surface area contributed by atoms with Crippen LogP contribution < -0.4 is 0 Å². The number of esters is 1. The van der Waals surface area contributed by atoms with Crippen molar-refractivity contribution in [3.63, 3.8) is 0 Å². The molecule has 0 aliphatic carbocycles. The Morgan fingerprint density at radius 2 is 1.67 bits per heavy atom. The van der Waals surface area contributed by atoms with Crippen molar-refractivity contribution in [3.05, 3.63) is 0 Å². The second kappa shape index (κ2) is 8.37. The zero-order chi connectivity index (χ0) is 15.1. The number of rotatable bonds is 3. The summed E-state index contributed by atoms with van der Waals surface area (Å²) in [6.45, 7) is 3.81. The van der Waals surface area contributed by atoms with Crippen molar-refractivity contribution in [2.45, 2.75) is 44.9 Å². The van der Waals surface area contributed by atoms with Crippen molar-refractivity contribution in [2.24, 2.45) is 5.92 Å². The van der Waals surface area contributed by atoms with E-state index in [1.807, 2.05) is 4.90 Å². The van der Waals surface area contributed by atoms with Crippen molar-refractivity contribution in [2.75, 3.05) is 39.8 Å². The zero-order valence-corrected chi connectivity index (χ0v) is 13.2. The van der Waals surface area contributed by atoms with E-state index in [4.69, 9.17) is 4.74 Å². The molecule has 5 nitrogen and oxygen atoms in total. The second-order valence-corrected chi connectivity index (χ2v) is 6.25. The highest BCUT2D eigenvalue weighted by molar-refractivity contribution is 5.78. The van der Waals surface area contributed by atoms with E-state index in [2.05, 4.69) is 4.90 Å². The van der Waals surface area contributed by atoms with Gasteiger partial charge >= 0.3 is 5.97 Å². The summed E-state index contributed by atoms with van der Waals surface area (Å²) >= 11 is 0. The largest absolute Gasteiger partial charge is 0.469 e. The first-order valence-electron chi connectivity index (χ1n) is 8.28. The average molecular weight is 296 g/mol. The normalized spacial score (nSPS) is 25.0. The van der Waals surface area contributed by atoms with E-state index < -0.39 is 0 Å². The fourth-order valence-electron chi connectivity index (χ4n) is 3.35. The minimum absolute atomic E-state index is 0.0658. The molecule has 0 bridgehead atoms. The molecule has 0 saturated carbocycles. The number of hydrogen-bond acceptors (Lipinski definition) is 4. The number of carbonyl (C=O) groups is 2. The lowest BCUT2D eigenvalue weighted by Crippen LogP contribution is -2.46. The lowest BCUT2D eigenvalue weighted by Gasteiger charge is -2.33. The van der Waals surface area contributed by atoms with Crippen molar-refractivity contribution in [1.29, 1.82) is 0 Å². The maximum atomic E-state index is 12.4. The van der Waals surface area contributed by atoms with Gasteiger partial charge in [0.2, 0.25) is 5.91 Å². The highest BCUT2D eigenvalue weighted by Crippen LogP contribution is 2.18. The van der Waals surface area contributed by atoms with Crippen LogP contribution in [0, 0.1) is 5.92 Å². The molecular formula is C16H28N2O3. The van der Waals surface area contributed by atoms with Crippen LogP contribution in [0.5, 0.6) is 0 Å². The van der Waals surface area contributed by atoms with Crippen LogP contribution in [-0.2, 0) is 14.3 Å². The van der Waals surface area contributed by atoms with Crippen LogP contribution in [-0.4, -0.2) is 61.5 Å². The summed E-state index contributed by atoms with van der Waals surface area (Å²) in [4.78, 5) is 28.2. The summed E-state index contributed by atoms with van der Waals surface area (Å²) < 4.78 is 4.83. The quantitative estimate of drug-likeness (QED) is 0.743. The Balaban J connectivity index is 1.81.